The standard InChI is InChI=1S/C51H30N4OS/c1-3-12-31(13-4-1)49-52-50(32-14-5-2-6-15-32)54-51(53-49)41-18-11-21-46-48(41)40-26-23-34(29-47(40)57-46)33-22-25-38-39-27-24-35(30-45(39)56-44(38)28-33)55-42-19-9-7-16-36(42)37-17-8-10-20-43(37)55/h1-30H/i7D,8D,9D,10D,16D,17D,19D,20D. The summed E-state index contributed by atoms with van der Waals surface area (Å²) in [5.41, 5.74) is 6.35. The molecular formula is C51H30N4OS. The molecule has 0 aliphatic heterocycles. The Labute approximate surface area is 342 Å². The molecule has 0 spiro atoms. The van der Waals surface area contributed by atoms with Crippen molar-refractivity contribution in [2.45, 2.75) is 0 Å². The second-order valence-corrected chi connectivity index (χ2v) is 14.9. The summed E-state index contributed by atoms with van der Waals surface area (Å²) in [4.78, 5) is 15.0. The van der Waals surface area contributed by atoms with E-state index < -0.39 is 24.2 Å². The lowest BCUT2D eigenvalue weighted by molar-refractivity contribution is 0.669. The van der Waals surface area contributed by atoms with Gasteiger partial charge >= 0.3 is 0 Å². The van der Waals surface area contributed by atoms with Crippen molar-refractivity contribution in [3.8, 4) is 51.0 Å². The lowest BCUT2D eigenvalue weighted by atomic mass is 10.0. The highest BCUT2D eigenvalue weighted by Crippen LogP contribution is 2.42. The molecule has 0 aliphatic carbocycles. The van der Waals surface area contributed by atoms with Gasteiger partial charge in [-0.2, -0.15) is 0 Å². The number of hydrogen-bond acceptors (Lipinski definition) is 5. The monoisotopic (exact) mass is 754 g/mol. The molecule has 12 rings (SSSR count). The Morgan fingerprint density at radius 2 is 1.04 bits per heavy atom. The Kier molecular flexibility index (Phi) is 5.49. The molecule has 0 atom stereocenters. The van der Waals surface area contributed by atoms with Crippen molar-refractivity contribution in [1.29, 1.82) is 0 Å². The van der Waals surface area contributed by atoms with E-state index in [1.165, 1.54) is 4.57 Å². The van der Waals surface area contributed by atoms with Crippen LogP contribution in [0.5, 0.6) is 0 Å². The van der Waals surface area contributed by atoms with Crippen LogP contribution >= 0.6 is 11.3 Å². The largest absolute Gasteiger partial charge is 0.456 e. The zero-order valence-corrected chi connectivity index (χ0v) is 30.6. The van der Waals surface area contributed by atoms with Gasteiger partial charge in [-0.25, -0.2) is 15.0 Å². The van der Waals surface area contributed by atoms with Crippen molar-refractivity contribution in [2.75, 3.05) is 0 Å². The first kappa shape index (κ1) is 24.9. The number of fused-ring (bicyclic) bond motifs is 9. The molecule has 12 aromatic rings. The van der Waals surface area contributed by atoms with Gasteiger partial charge in [-0.05, 0) is 59.6 Å². The summed E-state index contributed by atoms with van der Waals surface area (Å²) in [6.07, 6.45) is 0. The Bertz CT molecular complexity index is 3860. The summed E-state index contributed by atoms with van der Waals surface area (Å²) < 4.78 is 79.3. The first-order valence-corrected chi connectivity index (χ1v) is 19.2. The summed E-state index contributed by atoms with van der Waals surface area (Å²) in [6.45, 7) is 0. The van der Waals surface area contributed by atoms with Crippen LogP contribution < -0.4 is 0 Å². The molecule has 0 bridgehead atoms. The summed E-state index contributed by atoms with van der Waals surface area (Å²) in [5.74, 6) is 1.80. The van der Waals surface area contributed by atoms with E-state index in [2.05, 4.69) is 36.4 Å². The summed E-state index contributed by atoms with van der Waals surface area (Å²) >= 11 is 1.71. The Balaban J connectivity index is 0.972. The first-order valence-electron chi connectivity index (χ1n) is 22.4. The maximum absolute atomic E-state index is 8.90. The SMILES string of the molecule is [2H]c1c([2H])c([2H])c2c(c1[2H])c1c([2H])c([2H])c([2H])c([2H])c1n2-c1ccc2c(c1)oc1cc(-c3ccc4c(c3)sc3cccc(-c5nc(-c6ccccc6)nc(-c6ccccc6)n5)c34)ccc12. The third kappa shape index (κ3) is 5.12. The van der Waals surface area contributed by atoms with Gasteiger partial charge in [0.2, 0.25) is 0 Å². The van der Waals surface area contributed by atoms with Gasteiger partial charge < -0.3 is 8.98 Å². The molecule has 266 valence electrons. The smallest absolute Gasteiger partial charge is 0.164 e. The molecule has 6 heteroatoms. The number of para-hydroxylation sites is 2. The average molecular weight is 755 g/mol. The summed E-state index contributed by atoms with van der Waals surface area (Å²) in [6, 6.07) is 40.7. The molecule has 0 radical (unpaired) electrons. The van der Waals surface area contributed by atoms with Gasteiger partial charge in [0, 0.05) is 70.2 Å². The Morgan fingerprint density at radius 1 is 0.456 bits per heavy atom. The molecule has 0 N–H and O–H groups in total. The van der Waals surface area contributed by atoms with Gasteiger partial charge in [0.1, 0.15) is 11.2 Å². The van der Waals surface area contributed by atoms with Gasteiger partial charge in [-0.1, -0.05) is 127 Å². The fourth-order valence-electron chi connectivity index (χ4n) is 7.88. The molecule has 5 nitrogen and oxygen atoms in total. The minimum absolute atomic E-state index is 0.0271. The van der Waals surface area contributed by atoms with E-state index in [1.54, 1.807) is 23.5 Å². The van der Waals surface area contributed by atoms with Crippen molar-refractivity contribution in [3.63, 3.8) is 0 Å². The minimum atomic E-state index is -0.483. The molecule has 8 aromatic carbocycles. The van der Waals surface area contributed by atoms with E-state index in [0.717, 1.165) is 58.8 Å². The van der Waals surface area contributed by atoms with Crippen LogP contribution in [0, 0.1) is 0 Å². The molecule has 4 aromatic heterocycles. The van der Waals surface area contributed by atoms with Crippen LogP contribution in [-0.4, -0.2) is 19.5 Å². The Hall–Kier alpha value is -7.41. The quantitative estimate of drug-likeness (QED) is 0.176. The lowest BCUT2D eigenvalue weighted by Crippen LogP contribution is -2.00. The highest BCUT2D eigenvalue weighted by Gasteiger charge is 2.19. The lowest BCUT2D eigenvalue weighted by Gasteiger charge is -2.09. The minimum Gasteiger partial charge on any atom is -0.456 e. The van der Waals surface area contributed by atoms with Gasteiger partial charge in [0.15, 0.2) is 17.5 Å². The zero-order chi connectivity index (χ0) is 44.4. The van der Waals surface area contributed by atoms with Crippen molar-refractivity contribution < 1.29 is 15.4 Å². The van der Waals surface area contributed by atoms with Crippen molar-refractivity contribution >= 4 is 75.3 Å². The number of thiophene rings is 1. The van der Waals surface area contributed by atoms with E-state index in [1.807, 2.05) is 84.9 Å². The van der Waals surface area contributed by atoms with Gasteiger partial charge in [0.25, 0.3) is 0 Å². The van der Waals surface area contributed by atoms with E-state index in [4.69, 9.17) is 30.3 Å². The number of benzene rings is 8. The summed E-state index contributed by atoms with van der Waals surface area (Å²) in [7, 11) is 0. The average Bonchev–Trinajstić information content (AvgIpc) is 4.03. The van der Waals surface area contributed by atoms with Crippen LogP contribution in [0.4, 0.5) is 0 Å². The zero-order valence-electron chi connectivity index (χ0n) is 37.8. The Morgan fingerprint density at radius 3 is 1.72 bits per heavy atom. The molecule has 0 unspecified atom stereocenters. The van der Waals surface area contributed by atoms with Crippen LogP contribution in [0.1, 0.15) is 11.0 Å². The topological polar surface area (TPSA) is 56.7 Å². The molecule has 0 saturated heterocycles. The fraction of sp³-hybridized carbons (Fsp3) is 0. The van der Waals surface area contributed by atoms with Crippen LogP contribution in [0.3, 0.4) is 0 Å². The molecule has 57 heavy (non-hydrogen) atoms. The molecule has 0 fully saturated rings. The third-order valence-electron chi connectivity index (χ3n) is 10.5. The summed E-state index contributed by atoms with van der Waals surface area (Å²) in [5, 5.41) is 3.90. The molecule has 0 amide bonds. The van der Waals surface area contributed by atoms with E-state index >= 15 is 0 Å². The van der Waals surface area contributed by atoms with Crippen molar-refractivity contribution in [3.05, 3.63) is 182 Å². The molecule has 0 saturated carbocycles. The van der Waals surface area contributed by atoms with Crippen LogP contribution in [0.2, 0.25) is 0 Å². The van der Waals surface area contributed by atoms with Crippen molar-refractivity contribution in [1.82, 2.24) is 19.5 Å². The number of rotatable bonds is 5. The highest BCUT2D eigenvalue weighted by molar-refractivity contribution is 7.26. The third-order valence-corrected chi connectivity index (χ3v) is 11.6. The van der Waals surface area contributed by atoms with Crippen LogP contribution in [0.25, 0.3) is 115 Å². The van der Waals surface area contributed by atoms with Crippen molar-refractivity contribution in [2.24, 2.45) is 0 Å². The van der Waals surface area contributed by atoms with Gasteiger partial charge in [-0.3, -0.25) is 0 Å². The van der Waals surface area contributed by atoms with E-state index in [-0.39, 0.29) is 46.0 Å². The number of hydrogen-bond donors (Lipinski definition) is 0. The maximum Gasteiger partial charge on any atom is 0.164 e. The molecular weight excluding hydrogens is 717 g/mol. The first-order chi connectivity index (χ1) is 31.5. The van der Waals surface area contributed by atoms with E-state index in [9.17, 15) is 0 Å². The normalized spacial score (nSPS) is 13.8. The van der Waals surface area contributed by atoms with Gasteiger partial charge in [-0.15, -0.1) is 11.3 Å². The van der Waals surface area contributed by atoms with Gasteiger partial charge in [0.05, 0.1) is 22.0 Å². The predicted molar refractivity (Wildman–Crippen MR) is 236 cm³/mol. The van der Waals surface area contributed by atoms with Crippen LogP contribution in [-0.2, 0) is 0 Å². The number of furan rings is 1. The fourth-order valence-corrected chi connectivity index (χ4v) is 9.06. The molecule has 0 aliphatic rings. The predicted octanol–water partition coefficient (Wildman–Crippen LogP) is 13.9. The number of aromatic nitrogens is 4. The molecule has 4 heterocycles. The van der Waals surface area contributed by atoms with Crippen LogP contribution in [0.15, 0.2) is 186 Å². The second-order valence-electron chi connectivity index (χ2n) is 13.8. The van der Waals surface area contributed by atoms with E-state index in [0.29, 0.717) is 34.3 Å². The highest BCUT2D eigenvalue weighted by atomic mass is 32.1. The number of nitrogens with zero attached hydrogens (tertiary/aromatic N) is 4. The maximum atomic E-state index is 8.90. The second kappa shape index (κ2) is 12.6.